The van der Waals surface area contributed by atoms with Gasteiger partial charge in [0.25, 0.3) is 0 Å². The molecule has 0 aliphatic carbocycles. The summed E-state index contributed by atoms with van der Waals surface area (Å²) in [5.41, 5.74) is 8.47. The molecule has 4 heterocycles. The van der Waals surface area contributed by atoms with E-state index in [0.29, 0.717) is 11.9 Å². The van der Waals surface area contributed by atoms with Crippen molar-refractivity contribution in [3.05, 3.63) is 109 Å². The van der Waals surface area contributed by atoms with E-state index in [1.54, 1.807) is 12.4 Å². The predicted octanol–water partition coefficient (Wildman–Crippen LogP) is 6.12. The highest BCUT2D eigenvalue weighted by atomic mass is 15.3. The molecule has 0 amide bonds. The molecule has 198 valence electrons. The number of pyridine rings is 1. The second kappa shape index (κ2) is 10.9. The van der Waals surface area contributed by atoms with Gasteiger partial charge in [0, 0.05) is 54.8 Å². The Kier molecular flexibility index (Phi) is 6.63. The molecule has 0 saturated carbocycles. The highest BCUT2D eigenvalue weighted by molar-refractivity contribution is 5.79. The molecule has 0 unspecified atom stereocenters. The number of fused-ring (bicyclic) bond motifs is 1. The van der Waals surface area contributed by atoms with Gasteiger partial charge in [0.05, 0.1) is 18.0 Å². The zero-order valence-electron chi connectivity index (χ0n) is 22.3. The summed E-state index contributed by atoms with van der Waals surface area (Å²) in [5, 5.41) is 12.6. The highest BCUT2D eigenvalue weighted by Crippen LogP contribution is 2.35. The maximum Gasteiger partial charge on any atom is 0.182 e. The van der Waals surface area contributed by atoms with Crippen molar-refractivity contribution >= 4 is 11.4 Å². The van der Waals surface area contributed by atoms with Crippen LogP contribution in [0.1, 0.15) is 18.4 Å². The molecule has 0 radical (unpaired) electrons. The number of hydrogen-bond donors (Lipinski definition) is 1. The number of aromatic nitrogens is 4. The van der Waals surface area contributed by atoms with E-state index >= 15 is 0 Å². The Balaban J connectivity index is 1.07. The van der Waals surface area contributed by atoms with Gasteiger partial charge in [0.15, 0.2) is 5.82 Å². The van der Waals surface area contributed by atoms with Crippen molar-refractivity contribution in [1.29, 1.82) is 0 Å². The van der Waals surface area contributed by atoms with Crippen LogP contribution in [0.4, 0.5) is 11.4 Å². The SMILES string of the molecule is c1ccc(-c2nnc(-c3ccncc3)nc2-c2ccc(CN3CCC(N4CNc5ccccc54)CC3)cc2)cc1. The highest BCUT2D eigenvalue weighted by Gasteiger charge is 2.29. The number of rotatable bonds is 6. The van der Waals surface area contributed by atoms with Gasteiger partial charge in [0.1, 0.15) is 11.4 Å². The number of piperidine rings is 1. The first-order chi connectivity index (χ1) is 19.8. The molecule has 1 N–H and O–H groups in total. The van der Waals surface area contributed by atoms with Crippen molar-refractivity contribution in [3.63, 3.8) is 0 Å². The molecule has 0 spiro atoms. The molecular formula is C33H31N7. The van der Waals surface area contributed by atoms with Crippen LogP contribution in [-0.2, 0) is 6.54 Å². The summed E-state index contributed by atoms with van der Waals surface area (Å²) < 4.78 is 0. The number of benzene rings is 3. The van der Waals surface area contributed by atoms with E-state index in [4.69, 9.17) is 4.98 Å². The molecular weight excluding hydrogens is 494 g/mol. The molecule has 0 bridgehead atoms. The van der Waals surface area contributed by atoms with Gasteiger partial charge in [-0.1, -0.05) is 66.7 Å². The molecule has 2 aliphatic heterocycles. The van der Waals surface area contributed by atoms with E-state index < -0.39 is 0 Å². The summed E-state index contributed by atoms with van der Waals surface area (Å²) in [6.45, 7) is 4.08. The van der Waals surface area contributed by atoms with E-state index in [2.05, 4.69) is 91.0 Å². The third kappa shape index (κ3) is 4.92. The Bertz CT molecular complexity index is 1580. The maximum absolute atomic E-state index is 4.98. The molecule has 7 rings (SSSR count). The van der Waals surface area contributed by atoms with Crippen molar-refractivity contribution in [1.82, 2.24) is 25.1 Å². The minimum absolute atomic E-state index is 0.589. The van der Waals surface area contributed by atoms with Gasteiger partial charge in [0.2, 0.25) is 0 Å². The van der Waals surface area contributed by atoms with Gasteiger partial charge in [-0.25, -0.2) is 4.98 Å². The van der Waals surface area contributed by atoms with Crippen LogP contribution >= 0.6 is 0 Å². The van der Waals surface area contributed by atoms with E-state index in [9.17, 15) is 0 Å². The third-order valence-electron chi connectivity index (χ3n) is 7.96. The molecule has 0 atom stereocenters. The Morgan fingerprint density at radius 2 is 1.43 bits per heavy atom. The Labute approximate surface area is 234 Å². The number of nitrogens with one attached hydrogen (secondary N) is 1. The van der Waals surface area contributed by atoms with Crippen molar-refractivity contribution in [2.45, 2.75) is 25.4 Å². The molecule has 7 nitrogen and oxygen atoms in total. The van der Waals surface area contributed by atoms with E-state index in [1.807, 2.05) is 30.3 Å². The van der Waals surface area contributed by atoms with Crippen molar-refractivity contribution in [3.8, 4) is 33.9 Å². The summed E-state index contributed by atoms with van der Waals surface area (Å²) in [5.74, 6) is 0.597. The molecule has 7 heteroatoms. The molecule has 40 heavy (non-hydrogen) atoms. The molecule has 1 fully saturated rings. The third-order valence-corrected chi connectivity index (χ3v) is 7.96. The van der Waals surface area contributed by atoms with Gasteiger partial charge in [-0.2, -0.15) is 0 Å². The number of anilines is 2. The predicted molar refractivity (Wildman–Crippen MR) is 160 cm³/mol. The van der Waals surface area contributed by atoms with Gasteiger partial charge in [-0.3, -0.25) is 9.88 Å². The first-order valence-electron chi connectivity index (χ1n) is 13.9. The van der Waals surface area contributed by atoms with Crippen LogP contribution in [0.2, 0.25) is 0 Å². The fourth-order valence-electron chi connectivity index (χ4n) is 5.81. The van der Waals surface area contributed by atoms with Crippen LogP contribution in [0.5, 0.6) is 0 Å². The largest absolute Gasteiger partial charge is 0.366 e. The normalized spacial score (nSPS) is 15.6. The number of para-hydroxylation sites is 2. The van der Waals surface area contributed by atoms with E-state index in [0.717, 1.165) is 54.4 Å². The summed E-state index contributed by atoms with van der Waals surface area (Å²) in [6, 6.07) is 32.0. The van der Waals surface area contributed by atoms with Gasteiger partial charge < -0.3 is 10.2 Å². The second-order valence-electron chi connectivity index (χ2n) is 10.5. The van der Waals surface area contributed by atoms with E-state index in [-0.39, 0.29) is 0 Å². The summed E-state index contributed by atoms with van der Waals surface area (Å²) in [4.78, 5) is 14.2. The topological polar surface area (TPSA) is 70.1 Å². The van der Waals surface area contributed by atoms with Gasteiger partial charge in [-0.15, -0.1) is 10.2 Å². The first kappa shape index (κ1) is 24.4. The maximum atomic E-state index is 4.98. The summed E-state index contributed by atoms with van der Waals surface area (Å²) >= 11 is 0. The lowest BCUT2D eigenvalue weighted by atomic mass is 10.0. The standard InChI is InChI=1S/C33H31N7/c1-2-6-25(7-3-1)32-31(36-33(38-37-32)27-14-18-34-19-15-27)26-12-10-24(11-13-26)22-39-20-16-28(17-21-39)40-23-35-29-8-4-5-9-30(29)40/h1-15,18-19,28,35H,16-17,20-23H2. The Morgan fingerprint density at radius 1 is 0.700 bits per heavy atom. The van der Waals surface area contributed by atoms with Crippen molar-refractivity contribution in [2.24, 2.45) is 0 Å². The lowest BCUT2D eigenvalue weighted by Gasteiger charge is -2.37. The Morgan fingerprint density at radius 3 is 2.23 bits per heavy atom. The minimum atomic E-state index is 0.589. The zero-order valence-corrected chi connectivity index (χ0v) is 22.3. The molecule has 1 saturated heterocycles. The molecule has 2 aliphatic rings. The first-order valence-corrected chi connectivity index (χ1v) is 13.9. The van der Waals surface area contributed by atoms with Gasteiger partial charge >= 0.3 is 0 Å². The van der Waals surface area contributed by atoms with Crippen LogP contribution in [0, 0.1) is 0 Å². The zero-order chi connectivity index (χ0) is 26.7. The lowest BCUT2D eigenvalue weighted by molar-refractivity contribution is 0.202. The van der Waals surface area contributed by atoms with E-state index in [1.165, 1.54) is 29.8 Å². The van der Waals surface area contributed by atoms with Crippen LogP contribution in [0.15, 0.2) is 103 Å². The van der Waals surface area contributed by atoms with Crippen molar-refractivity contribution in [2.75, 3.05) is 30.0 Å². The average Bonchev–Trinajstić information content (AvgIpc) is 3.47. The minimum Gasteiger partial charge on any atom is -0.366 e. The van der Waals surface area contributed by atoms with Crippen LogP contribution < -0.4 is 10.2 Å². The number of hydrogen-bond acceptors (Lipinski definition) is 7. The Hall–Kier alpha value is -4.62. The van der Waals surface area contributed by atoms with Crippen LogP contribution in [-0.4, -0.2) is 50.9 Å². The number of nitrogens with zero attached hydrogens (tertiary/aromatic N) is 6. The molecule has 3 aromatic carbocycles. The molecule has 5 aromatic rings. The fourth-order valence-corrected chi connectivity index (χ4v) is 5.81. The van der Waals surface area contributed by atoms with Crippen LogP contribution in [0.3, 0.4) is 0 Å². The fraction of sp³-hybridized carbons (Fsp3) is 0.212. The summed E-state index contributed by atoms with van der Waals surface area (Å²) in [7, 11) is 0. The lowest BCUT2D eigenvalue weighted by Crippen LogP contribution is -2.44. The monoisotopic (exact) mass is 525 g/mol. The summed E-state index contributed by atoms with van der Waals surface area (Å²) in [6.07, 6.45) is 5.86. The second-order valence-corrected chi connectivity index (χ2v) is 10.5. The number of likely N-dealkylation sites (tertiary alicyclic amines) is 1. The molecule has 2 aromatic heterocycles. The van der Waals surface area contributed by atoms with Crippen molar-refractivity contribution < 1.29 is 0 Å². The smallest absolute Gasteiger partial charge is 0.182 e. The van der Waals surface area contributed by atoms with Gasteiger partial charge in [-0.05, 0) is 42.7 Å². The average molecular weight is 526 g/mol. The van der Waals surface area contributed by atoms with Crippen LogP contribution in [0.25, 0.3) is 33.9 Å². The quantitative estimate of drug-likeness (QED) is 0.286.